The van der Waals surface area contributed by atoms with Crippen LogP contribution in [0.4, 0.5) is 5.82 Å². The molecule has 7 nitrogen and oxygen atoms in total. The fourth-order valence-electron chi connectivity index (χ4n) is 3.37. The van der Waals surface area contributed by atoms with E-state index in [-0.39, 0.29) is 0 Å². The zero-order chi connectivity index (χ0) is 20.4. The zero-order valence-corrected chi connectivity index (χ0v) is 16.4. The van der Waals surface area contributed by atoms with Crippen molar-refractivity contribution in [2.45, 2.75) is 26.8 Å². The molecule has 2 aromatic carbocycles. The van der Waals surface area contributed by atoms with Gasteiger partial charge < -0.3 is 11.1 Å². The highest BCUT2D eigenvalue weighted by atomic mass is 16.1. The number of rotatable bonds is 6. The Morgan fingerprint density at radius 3 is 2.62 bits per heavy atom. The average Bonchev–Trinajstić information content (AvgIpc) is 3.08. The van der Waals surface area contributed by atoms with Gasteiger partial charge in [-0.25, -0.2) is 9.97 Å². The van der Waals surface area contributed by atoms with Crippen LogP contribution >= 0.6 is 0 Å². The van der Waals surface area contributed by atoms with Crippen LogP contribution < -0.4 is 11.1 Å². The SMILES string of the molecule is CCc1cnc(-n2c(C)nc3c(C(N)=O)cccc32)nc1NCc1ccccc1. The lowest BCUT2D eigenvalue weighted by Crippen LogP contribution is -2.11. The van der Waals surface area contributed by atoms with Gasteiger partial charge in [-0.05, 0) is 31.0 Å². The molecular formula is C22H22N6O. The quantitative estimate of drug-likeness (QED) is 0.529. The number of nitrogens with one attached hydrogen (secondary N) is 1. The van der Waals surface area contributed by atoms with E-state index in [0.29, 0.717) is 29.4 Å². The van der Waals surface area contributed by atoms with Crippen molar-refractivity contribution >= 4 is 22.8 Å². The van der Waals surface area contributed by atoms with Gasteiger partial charge in [-0.3, -0.25) is 9.36 Å². The lowest BCUT2D eigenvalue weighted by molar-refractivity contribution is 0.100. The van der Waals surface area contributed by atoms with E-state index in [1.807, 2.05) is 42.0 Å². The number of amides is 1. The number of para-hydroxylation sites is 1. The van der Waals surface area contributed by atoms with Gasteiger partial charge in [0.05, 0.1) is 11.1 Å². The Hall–Kier alpha value is -3.74. The molecule has 0 saturated heterocycles. The summed E-state index contributed by atoms with van der Waals surface area (Å²) in [6.45, 7) is 4.60. The molecule has 146 valence electrons. The molecule has 2 aromatic heterocycles. The van der Waals surface area contributed by atoms with Gasteiger partial charge >= 0.3 is 0 Å². The third kappa shape index (κ3) is 3.54. The van der Waals surface area contributed by atoms with Gasteiger partial charge in [-0.15, -0.1) is 0 Å². The number of primary amides is 1. The summed E-state index contributed by atoms with van der Waals surface area (Å²) in [5.41, 5.74) is 9.40. The number of aryl methyl sites for hydroxylation is 2. The predicted molar refractivity (Wildman–Crippen MR) is 113 cm³/mol. The molecule has 0 aliphatic carbocycles. The van der Waals surface area contributed by atoms with Crippen molar-refractivity contribution in [1.29, 1.82) is 0 Å². The molecule has 3 N–H and O–H groups in total. The number of carbonyl (C=O) groups excluding carboxylic acids is 1. The minimum atomic E-state index is -0.507. The second-order valence-corrected chi connectivity index (χ2v) is 6.77. The van der Waals surface area contributed by atoms with E-state index < -0.39 is 5.91 Å². The number of anilines is 1. The molecule has 0 saturated carbocycles. The number of carbonyl (C=O) groups is 1. The molecule has 4 rings (SSSR count). The summed E-state index contributed by atoms with van der Waals surface area (Å²) in [4.78, 5) is 25.6. The Balaban J connectivity index is 1.77. The first-order chi connectivity index (χ1) is 14.1. The fourth-order valence-corrected chi connectivity index (χ4v) is 3.37. The third-order valence-corrected chi connectivity index (χ3v) is 4.85. The molecule has 29 heavy (non-hydrogen) atoms. The topological polar surface area (TPSA) is 98.7 Å². The van der Waals surface area contributed by atoms with E-state index >= 15 is 0 Å². The normalized spacial score (nSPS) is 11.0. The van der Waals surface area contributed by atoms with Crippen molar-refractivity contribution in [3.63, 3.8) is 0 Å². The molecule has 1 amide bonds. The van der Waals surface area contributed by atoms with Crippen LogP contribution in [0.1, 0.15) is 34.2 Å². The van der Waals surface area contributed by atoms with Crippen molar-refractivity contribution in [2.75, 3.05) is 5.32 Å². The minimum Gasteiger partial charge on any atom is -0.366 e. The van der Waals surface area contributed by atoms with E-state index in [1.54, 1.807) is 12.1 Å². The number of hydrogen-bond acceptors (Lipinski definition) is 5. The smallest absolute Gasteiger partial charge is 0.250 e. The first kappa shape index (κ1) is 18.6. The molecular weight excluding hydrogens is 364 g/mol. The average molecular weight is 386 g/mol. The molecule has 0 aliphatic heterocycles. The number of nitrogens with two attached hydrogens (primary N) is 1. The van der Waals surface area contributed by atoms with E-state index in [1.165, 1.54) is 5.56 Å². The molecule has 0 unspecified atom stereocenters. The first-order valence-corrected chi connectivity index (χ1v) is 9.50. The van der Waals surface area contributed by atoms with E-state index in [0.717, 1.165) is 23.3 Å². The zero-order valence-electron chi connectivity index (χ0n) is 16.4. The van der Waals surface area contributed by atoms with Crippen molar-refractivity contribution in [3.8, 4) is 5.95 Å². The summed E-state index contributed by atoms with van der Waals surface area (Å²) in [5.74, 6) is 1.47. The maximum atomic E-state index is 11.8. The van der Waals surface area contributed by atoms with E-state index in [2.05, 4.69) is 34.3 Å². The van der Waals surface area contributed by atoms with Crippen LogP contribution in [0.5, 0.6) is 0 Å². The fraction of sp³-hybridized carbons (Fsp3) is 0.182. The Morgan fingerprint density at radius 1 is 1.10 bits per heavy atom. The number of nitrogens with zero attached hydrogens (tertiary/aromatic N) is 4. The van der Waals surface area contributed by atoms with Crippen molar-refractivity contribution < 1.29 is 4.79 Å². The maximum absolute atomic E-state index is 11.8. The molecule has 2 heterocycles. The van der Waals surface area contributed by atoms with Gasteiger partial charge in [0.15, 0.2) is 0 Å². The second kappa shape index (κ2) is 7.71. The van der Waals surface area contributed by atoms with Crippen LogP contribution in [0.25, 0.3) is 17.0 Å². The third-order valence-electron chi connectivity index (χ3n) is 4.85. The highest BCUT2D eigenvalue weighted by Gasteiger charge is 2.17. The molecule has 0 bridgehead atoms. The Morgan fingerprint density at radius 2 is 1.90 bits per heavy atom. The number of hydrogen-bond donors (Lipinski definition) is 2. The monoisotopic (exact) mass is 386 g/mol. The van der Waals surface area contributed by atoms with E-state index in [9.17, 15) is 4.79 Å². The lowest BCUT2D eigenvalue weighted by Gasteiger charge is -2.13. The van der Waals surface area contributed by atoms with Gasteiger partial charge in [0, 0.05) is 18.3 Å². The summed E-state index contributed by atoms with van der Waals surface area (Å²) < 4.78 is 1.84. The van der Waals surface area contributed by atoms with Crippen LogP contribution in [0.2, 0.25) is 0 Å². The number of benzene rings is 2. The van der Waals surface area contributed by atoms with Crippen molar-refractivity contribution in [2.24, 2.45) is 5.73 Å². The predicted octanol–water partition coefficient (Wildman–Crippen LogP) is 3.40. The summed E-state index contributed by atoms with van der Waals surface area (Å²) in [5, 5.41) is 3.42. The highest BCUT2D eigenvalue weighted by Crippen LogP contribution is 2.24. The van der Waals surface area contributed by atoms with Gasteiger partial charge in [0.1, 0.15) is 17.2 Å². The largest absolute Gasteiger partial charge is 0.366 e. The lowest BCUT2D eigenvalue weighted by atomic mass is 10.2. The van der Waals surface area contributed by atoms with Crippen molar-refractivity contribution in [3.05, 3.63) is 77.2 Å². The van der Waals surface area contributed by atoms with E-state index in [4.69, 9.17) is 10.7 Å². The molecule has 7 heteroatoms. The molecule has 0 atom stereocenters. The summed E-state index contributed by atoms with van der Waals surface area (Å²) in [7, 11) is 0. The number of imidazole rings is 1. The molecule has 0 fully saturated rings. The maximum Gasteiger partial charge on any atom is 0.250 e. The highest BCUT2D eigenvalue weighted by molar-refractivity contribution is 6.04. The summed E-state index contributed by atoms with van der Waals surface area (Å²) >= 11 is 0. The van der Waals surface area contributed by atoms with Crippen LogP contribution in [0, 0.1) is 6.92 Å². The molecule has 0 radical (unpaired) electrons. The van der Waals surface area contributed by atoms with Crippen molar-refractivity contribution in [1.82, 2.24) is 19.5 Å². The second-order valence-electron chi connectivity index (χ2n) is 6.77. The Bertz CT molecular complexity index is 1180. The van der Waals surface area contributed by atoms with Gasteiger partial charge in [0.25, 0.3) is 5.91 Å². The van der Waals surface area contributed by atoms with Gasteiger partial charge in [-0.2, -0.15) is 4.98 Å². The van der Waals surface area contributed by atoms with Crippen LogP contribution in [0.15, 0.2) is 54.7 Å². The van der Waals surface area contributed by atoms with Crippen LogP contribution in [0.3, 0.4) is 0 Å². The van der Waals surface area contributed by atoms with Gasteiger partial charge in [-0.1, -0.05) is 43.3 Å². The minimum absolute atomic E-state index is 0.386. The Labute approximate surface area is 168 Å². The van der Waals surface area contributed by atoms with Crippen LogP contribution in [-0.4, -0.2) is 25.4 Å². The molecule has 0 spiro atoms. The summed E-state index contributed by atoms with van der Waals surface area (Å²) in [6.07, 6.45) is 2.64. The number of fused-ring (bicyclic) bond motifs is 1. The summed E-state index contributed by atoms with van der Waals surface area (Å²) in [6, 6.07) is 15.5. The Kier molecular flexibility index (Phi) is 4.95. The molecule has 4 aromatic rings. The van der Waals surface area contributed by atoms with Gasteiger partial charge in [0.2, 0.25) is 5.95 Å². The standard InChI is InChI=1S/C22H22N6O/c1-3-16-13-25-22(27-21(16)24-12-15-8-5-4-6-9-15)28-14(2)26-19-17(20(23)29)10-7-11-18(19)28/h4-11,13H,3,12H2,1-2H3,(H2,23,29)(H,24,25,27). The molecule has 0 aliphatic rings. The van der Waals surface area contributed by atoms with Crippen LogP contribution in [-0.2, 0) is 13.0 Å². The number of aromatic nitrogens is 4. The first-order valence-electron chi connectivity index (χ1n) is 9.50.